The van der Waals surface area contributed by atoms with E-state index in [2.05, 4.69) is 10.3 Å². The van der Waals surface area contributed by atoms with Crippen LogP contribution in [0, 0.1) is 0 Å². The fourth-order valence-corrected chi connectivity index (χ4v) is 3.92. The van der Waals surface area contributed by atoms with Gasteiger partial charge in [-0.05, 0) is 61.5 Å². The van der Waals surface area contributed by atoms with E-state index < -0.39 is 18.5 Å². The van der Waals surface area contributed by atoms with Gasteiger partial charge in [-0.15, -0.1) is 0 Å². The monoisotopic (exact) mass is 528 g/mol. The van der Waals surface area contributed by atoms with Crippen molar-refractivity contribution in [2.45, 2.75) is 20.3 Å². The summed E-state index contributed by atoms with van der Waals surface area (Å²) >= 11 is 1.29. The molecule has 1 aliphatic carbocycles. The van der Waals surface area contributed by atoms with Gasteiger partial charge in [-0.2, -0.15) is 4.40 Å². The third-order valence-electron chi connectivity index (χ3n) is 5.32. The summed E-state index contributed by atoms with van der Waals surface area (Å²) in [6, 6.07) is 4.38. The van der Waals surface area contributed by atoms with Crippen LogP contribution in [0.4, 0.5) is 0 Å². The van der Waals surface area contributed by atoms with Crippen LogP contribution in [0.3, 0.4) is 0 Å². The van der Waals surface area contributed by atoms with E-state index in [1.165, 1.54) is 35.0 Å². The van der Waals surface area contributed by atoms with E-state index in [4.69, 9.17) is 18.9 Å². The lowest BCUT2D eigenvalue weighted by Crippen LogP contribution is -2.33. The number of Topliss-reactive ketones (excluding diaryl/α,β-unsaturated/α-hetero) is 1. The topological polar surface area (TPSA) is 121 Å². The molecular formula is C26H28N2O8S. The van der Waals surface area contributed by atoms with Crippen LogP contribution in [0.15, 0.2) is 51.5 Å². The summed E-state index contributed by atoms with van der Waals surface area (Å²) in [5.41, 5.74) is 2.50. The van der Waals surface area contributed by atoms with Crippen molar-refractivity contribution in [2.24, 2.45) is 4.40 Å². The predicted octanol–water partition coefficient (Wildman–Crippen LogP) is 2.73. The highest BCUT2D eigenvalue weighted by Gasteiger charge is 2.32. The largest absolute Gasteiger partial charge is 0.482 e. The first-order chi connectivity index (χ1) is 17.9. The van der Waals surface area contributed by atoms with Crippen LogP contribution >= 0.6 is 11.9 Å². The highest BCUT2D eigenvalue weighted by Crippen LogP contribution is 2.31. The number of esters is 2. The SMILES string of the molecule is CCOC(=O)COc1ccc(C(=O)CN2CC3=C(C=CC(=C=NSC)C3)C2=O)c(OCC(=O)OCC)c1. The number of nitrogens with zero attached hydrogens (tertiary/aromatic N) is 2. The minimum atomic E-state index is -0.606. The Morgan fingerprint density at radius 3 is 2.43 bits per heavy atom. The molecular weight excluding hydrogens is 500 g/mol. The van der Waals surface area contributed by atoms with Gasteiger partial charge in [0.25, 0.3) is 5.91 Å². The maximum absolute atomic E-state index is 13.2. The van der Waals surface area contributed by atoms with Crippen LogP contribution in [0.2, 0.25) is 0 Å². The number of rotatable bonds is 12. The fourth-order valence-electron chi connectivity index (χ4n) is 3.72. The predicted molar refractivity (Wildman–Crippen MR) is 137 cm³/mol. The molecule has 0 unspecified atom stereocenters. The summed E-state index contributed by atoms with van der Waals surface area (Å²) in [5.74, 6) is 1.49. The zero-order valence-electron chi connectivity index (χ0n) is 20.9. The van der Waals surface area contributed by atoms with Crippen molar-refractivity contribution in [1.82, 2.24) is 4.90 Å². The number of amides is 1. The van der Waals surface area contributed by atoms with Crippen LogP contribution in [0.5, 0.6) is 11.5 Å². The first kappa shape index (κ1) is 27.8. The van der Waals surface area contributed by atoms with Crippen molar-refractivity contribution in [2.75, 3.05) is 45.8 Å². The molecule has 0 aromatic heterocycles. The highest BCUT2D eigenvalue weighted by molar-refractivity contribution is 7.97. The Morgan fingerprint density at radius 2 is 1.76 bits per heavy atom. The van der Waals surface area contributed by atoms with Crippen molar-refractivity contribution in [3.63, 3.8) is 0 Å². The second-order valence-corrected chi connectivity index (χ2v) is 8.42. The van der Waals surface area contributed by atoms with E-state index in [0.29, 0.717) is 18.5 Å². The van der Waals surface area contributed by atoms with Crippen LogP contribution < -0.4 is 9.47 Å². The Balaban J connectivity index is 1.74. The van der Waals surface area contributed by atoms with E-state index in [9.17, 15) is 19.2 Å². The van der Waals surface area contributed by atoms with E-state index in [1.807, 2.05) is 6.26 Å². The molecule has 1 aromatic rings. The third kappa shape index (κ3) is 7.58. The molecule has 1 aliphatic heterocycles. The van der Waals surface area contributed by atoms with Gasteiger partial charge in [0.05, 0.1) is 25.3 Å². The molecule has 1 amide bonds. The Hall–Kier alpha value is -3.82. The van der Waals surface area contributed by atoms with Crippen LogP contribution in [-0.4, -0.2) is 80.2 Å². The number of benzene rings is 1. The van der Waals surface area contributed by atoms with Crippen molar-refractivity contribution in [1.29, 1.82) is 0 Å². The van der Waals surface area contributed by atoms with Gasteiger partial charge in [0, 0.05) is 36.4 Å². The molecule has 0 fully saturated rings. The van der Waals surface area contributed by atoms with Crippen LogP contribution in [0.1, 0.15) is 30.6 Å². The summed E-state index contributed by atoms with van der Waals surface area (Å²) in [6.07, 6.45) is 5.90. The Morgan fingerprint density at radius 1 is 1.05 bits per heavy atom. The molecule has 11 heteroatoms. The molecule has 3 rings (SSSR count). The number of carbonyl (C=O) groups is 4. The first-order valence-corrected chi connectivity index (χ1v) is 12.8. The zero-order chi connectivity index (χ0) is 26.8. The van der Waals surface area contributed by atoms with E-state index >= 15 is 0 Å². The number of hydrogen-bond donors (Lipinski definition) is 0. The average molecular weight is 529 g/mol. The van der Waals surface area contributed by atoms with Crippen molar-refractivity contribution in [3.8, 4) is 11.5 Å². The molecule has 0 saturated heterocycles. The molecule has 0 bridgehead atoms. The second kappa shape index (κ2) is 13.5. The third-order valence-corrected chi connectivity index (χ3v) is 5.59. The number of hydrogen-bond acceptors (Lipinski definition) is 10. The van der Waals surface area contributed by atoms with Crippen molar-refractivity contribution >= 4 is 41.4 Å². The van der Waals surface area contributed by atoms with Gasteiger partial charge in [0.15, 0.2) is 19.0 Å². The molecule has 0 atom stereocenters. The summed E-state index contributed by atoms with van der Waals surface area (Å²) in [7, 11) is 0. The minimum Gasteiger partial charge on any atom is -0.482 e. The Labute approximate surface area is 219 Å². The van der Waals surface area contributed by atoms with Gasteiger partial charge in [0.2, 0.25) is 0 Å². The maximum Gasteiger partial charge on any atom is 0.344 e. The quantitative estimate of drug-likeness (QED) is 0.174. The average Bonchev–Trinajstić information content (AvgIpc) is 3.19. The summed E-state index contributed by atoms with van der Waals surface area (Å²) in [5, 5.41) is 0. The van der Waals surface area contributed by atoms with Gasteiger partial charge < -0.3 is 23.8 Å². The molecule has 0 saturated carbocycles. The second-order valence-electron chi connectivity index (χ2n) is 7.87. The normalized spacial score (nSPS) is 14.2. The zero-order valence-corrected chi connectivity index (χ0v) is 21.7. The molecule has 0 radical (unpaired) electrons. The molecule has 10 nitrogen and oxygen atoms in total. The van der Waals surface area contributed by atoms with Crippen LogP contribution in [0.25, 0.3) is 0 Å². The number of ether oxygens (including phenoxy) is 4. The molecule has 2 aliphatic rings. The van der Waals surface area contributed by atoms with E-state index in [0.717, 1.165) is 11.1 Å². The smallest absolute Gasteiger partial charge is 0.344 e. The lowest BCUT2D eigenvalue weighted by Gasteiger charge is -2.18. The van der Waals surface area contributed by atoms with Crippen molar-refractivity contribution < 1.29 is 38.1 Å². The first-order valence-electron chi connectivity index (χ1n) is 11.6. The lowest BCUT2D eigenvalue weighted by atomic mass is 9.97. The maximum atomic E-state index is 13.2. The van der Waals surface area contributed by atoms with Gasteiger partial charge in [0.1, 0.15) is 11.5 Å². The summed E-state index contributed by atoms with van der Waals surface area (Å²) in [6.45, 7) is 3.12. The van der Waals surface area contributed by atoms with Gasteiger partial charge in [-0.1, -0.05) is 0 Å². The number of ketones is 1. The molecule has 1 aromatic carbocycles. The molecule has 37 heavy (non-hydrogen) atoms. The van der Waals surface area contributed by atoms with Crippen LogP contribution in [-0.2, 0) is 23.9 Å². The highest BCUT2D eigenvalue weighted by atomic mass is 32.2. The minimum absolute atomic E-state index is 0.0715. The fraction of sp³-hybridized carbons (Fsp3) is 0.385. The Bertz CT molecular complexity index is 1200. The molecule has 0 N–H and O–H groups in total. The van der Waals surface area contributed by atoms with Gasteiger partial charge in [-0.3, -0.25) is 9.59 Å². The van der Waals surface area contributed by atoms with Crippen molar-refractivity contribution in [3.05, 3.63) is 52.6 Å². The van der Waals surface area contributed by atoms with Gasteiger partial charge in [-0.25, -0.2) is 9.59 Å². The summed E-state index contributed by atoms with van der Waals surface area (Å²) in [4.78, 5) is 51.0. The standard InChI is InChI=1S/C26H28N2O8S/c1-4-33-24(30)15-35-19-7-9-21(23(11-19)36-16-25(31)34-5-2)22(29)14-28-13-18-10-17(12-27-37-3)6-8-20(18)26(28)32/h6-9,11H,4-5,10,13-16H2,1-3H3. The Kier molecular flexibility index (Phi) is 10.1. The van der Waals surface area contributed by atoms with Gasteiger partial charge >= 0.3 is 11.9 Å². The number of allylic oxidation sites excluding steroid dienone is 2. The lowest BCUT2D eigenvalue weighted by molar-refractivity contribution is -0.146. The molecule has 196 valence electrons. The van der Waals surface area contributed by atoms with E-state index in [1.54, 1.807) is 26.0 Å². The molecule has 1 heterocycles. The number of carbonyl (C=O) groups excluding carboxylic acids is 4. The van der Waals surface area contributed by atoms with E-state index in [-0.39, 0.29) is 55.1 Å². The molecule has 0 spiro atoms. The summed E-state index contributed by atoms with van der Waals surface area (Å²) < 4.78 is 24.8.